The van der Waals surface area contributed by atoms with Crippen LogP contribution in [0.15, 0.2) is 53.4 Å². The maximum absolute atomic E-state index is 12.6. The second-order valence-corrected chi connectivity index (χ2v) is 9.07. The minimum atomic E-state index is -3.72. The Labute approximate surface area is 170 Å². The third-order valence-corrected chi connectivity index (χ3v) is 7.18. The first-order chi connectivity index (χ1) is 14.0. The molecule has 2 heterocycles. The van der Waals surface area contributed by atoms with E-state index in [4.69, 9.17) is 9.47 Å². The molecular formula is C21H24N2O5S. The number of amides is 1. The van der Waals surface area contributed by atoms with E-state index in [1.807, 2.05) is 24.3 Å². The Morgan fingerprint density at radius 2 is 1.76 bits per heavy atom. The normalized spacial score (nSPS) is 20.7. The van der Waals surface area contributed by atoms with Crippen molar-refractivity contribution in [3.63, 3.8) is 0 Å². The van der Waals surface area contributed by atoms with Crippen LogP contribution in [0, 0.1) is 0 Å². The van der Waals surface area contributed by atoms with Crippen molar-refractivity contribution in [2.45, 2.75) is 23.8 Å². The van der Waals surface area contributed by atoms with E-state index in [1.165, 1.54) is 6.07 Å². The molecule has 1 saturated heterocycles. The summed E-state index contributed by atoms with van der Waals surface area (Å²) >= 11 is 0. The van der Waals surface area contributed by atoms with Crippen molar-refractivity contribution in [1.82, 2.24) is 9.21 Å². The van der Waals surface area contributed by atoms with Crippen LogP contribution >= 0.6 is 0 Å². The van der Waals surface area contributed by atoms with Gasteiger partial charge in [0.15, 0.2) is 0 Å². The summed E-state index contributed by atoms with van der Waals surface area (Å²) in [5.41, 5.74) is 0.265. The van der Waals surface area contributed by atoms with Gasteiger partial charge in [-0.2, -0.15) is 0 Å². The largest absolute Gasteiger partial charge is 0.497 e. The molecule has 1 fully saturated rings. The Balaban J connectivity index is 1.27. The number of benzene rings is 2. The molecule has 2 aliphatic rings. The highest BCUT2D eigenvalue weighted by molar-refractivity contribution is 7.90. The number of nitrogens with zero attached hydrogens (tertiary/aromatic N) is 2. The molecule has 0 aliphatic carbocycles. The lowest BCUT2D eigenvalue weighted by Gasteiger charge is -2.19. The highest BCUT2D eigenvalue weighted by Crippen LogP contribution is 2.30. The number of fused-ring (bicyclic) bond motifs is 1. The van der Waals surface area contributed by atoms with Gasteiger partial charge in [0.1, 0.15) is 22.5 Å². The average molecular weight is 416 g/mol. The lowest BCUT2D eigenvalue weighted by Crippen LogP contribution is -2.33. The predicted octanol–water partition coefficient (Wildman–Crippen LogP) is 2.38. The summed E-state index contributed by atoms with van der Waals surface area (Å²) in [4.78, 5) is 14.8. The number of ether oxygens (including phenoxy) is 2. The highest BCUT2D eigenvalue weighted by atomic mass is 32.2. The molecule has 154 valence electrons. The molecular weight excluding hydrogens is 392 g/mol. The smallest absolute Gasteiger partial charge is 0.269 e. The van der Waals surface area contributed by atoms with Crippen molar-refractivity contribution < 1.29 is 22.7 Å². The van der Waals surface area contributed by atoms with Gasteiger partial charge in [0, 0.05) is 26.2 Å². The Hall–Kier alpha value is -2.58. The zero-order valence-electron chi connectivity index (χ0n) is 16.3. The van der Waals surface area contributed by atoms with Gasteiger partial charge in [-0.05, 0) is 49.2 Å². The third-order valence-electron chi connectivity index (χ3n) is 5.34. The Morgan fingerprint density at radius 1 is 1.03 bits per heavy atom. The minimum absolute atomic E-state index is 0.102. The van der Waals surface area contributed by atoms with Gasteiger partial charge < -0.3 is 9.47 Å². The van der Waals surface area contributed by atoms with Crippen LogP contribution in [-0.2, 0) is 10.0 Å². The van der Waals surface area contributed by atoms with Crippen LogP contribution in [0.4, 0.5) is 0 Å². The third kappa shape index (κ3) is 3.95. The van der Waals surface area contributed by atoms with Gasteiger partial charge in [-0.1, -0.05) is 12.1 Å². The summed E-state index contributed by atoms with van der Waals surface area (Å²) < 4.78 is 37.3. The number of hydrogen-bond acceptors (Lipinski definition) is 6. The molecule has 2 aromatic rings. The van der Waals surface area contributed by atoms with Gasteiger partial charge in [0.2, 0.25) is 0 Å². The van der Waals surface area contributed by atoms with Crippen LogP contribution in [-0.4, -0.2) is 62.9 Å². The van der Waals surface area contributed by atoms with E-state index in [-0.39, 0.29) is 23.1 Å². The topological polar surface area (TPSA) is 76.2 Å². The molecule has 1 amide bonds. The van der Waals surface area contributed by atoms with Crippen molar-refractivity contribution in [3.05, 3.63) is 54.1 Å². The minimum Gasteiger partial charge on any atom is -0.497 e. The zero-order valence-corrected chi connectivity index (χ0v) is 17.1. The van der Waals surface area contributed by atoms with E-state index in [0.717, 1.165) is 41.9 Å². The predicted molar refractivity (Wildman–Crippen MR) is 108 cm³/mol. The molecule has 0 saturated carbocycles. The van der Waals surface area contributed by atoms with Crippen LogP contribution in [0.25, 0.3) is 0 Å². The summed E-state index contributed by atoms with van der Waals surface area (Å²) in [5.74, 6) is 1.17. The summed E-state index contributed by atoms with van der Waals surface area (Å²) in [7, 11) is -2.09. The Bertz CT molecular complexity index is 990. The number of sulfonamides is 1. The fourth-order valence-corrected chi connectivity index (χ4v) is 5.44. The molecule has 29 heavy (non-hydrogen) atoms. The summed E-state index contributed by atoms with van der Waals surface area (Å²) in [6.07, 6.45) is 1.61. The number of carbonyl (C=O) groups excluding carboxylic acids is 1. The summed E-state index contributed by atoms with van der Waals surface area (Å²) in [6, 6.07) is 13.9. The maximum atomic E-state index is 12.6. The number of methoxy groups -OCH3 is 1. The zero-order chi connectivity index (χ0) is 20.4. The number of rotatable bonds is 7. The fourth-order valence-electron chi connectivity index (χ4n) is 3.83. The van der Waals surface area contributed by atoms with Crippen molar-refractivity contribution in [2.24, 2.45) is 0 Å². The quantitative estimate of drug-likeness (QED) is 0.690. The summed E-state index contributed by atoms with van der Waals surface area (Å²) in [5, 5.41) is 0. The highest BCUT2D eigenvalue weighted by Gasteiger charge is 2.40. The fraction of sp³-hybridized carbons (Fsp3) is 0.381. The molecule has 4 rings (SSSR count). The molecule has 1 unspecified atom stereocenters. The van der Waals surface area contributed by atoms with Crippen LogP contribution in [0.2, 0.25) is 0 Å². The number of hydrogen-bond donors (Lipinski definition) is 0. The van der Waals surface area contributed by atoms with Crippen LogP contribution in [0.1, 0.15) is 23.2 Å². The number of likely N-dealkylation sites (tertiary alicyclic amines) is 1. The molecule has 2 aromatic carbocycles. The molecule has 0 radical (unpaired) electrons. The van der Waals surface area contributed by atoms with Crippen LogP contribution in [0.5, 0.6) is 11.5 Å². The van der Waals surface area contributed by atoms with Gasteiger partial charge >= 0.3 is 0 Å². The van der Waals surface area contributed by atoms with Crippen molar-refractivity contribution in [1.29, 1.82) is 0 Å². The van der Waals surface area contributed by atoms with Crippen molar-refractivity contribution >= 4 is 15.9 Å². The van der Waals surface area contributed by atoms with Crippen LogP contribution in [0.3, 0.4) is 0 Å². The van der Waals surface area contributed by atoms with Gasteiger partial charge in [0.05, 0.1) is 12.7 Å². The molecule has 8 heteroatoms. The lowest BCUT2D eigenvalue weighted by atomic mass is 10.2. The monoisotopic (exact) mass is 416 g/mol. The molecule has 0 aromatic heterocycles. The standard InChI is InChI=1S/C21H24N2O5S/c1-27-16-7-9-17(10-8-16)28-18-11-14-22(15-18)12-4-13-23-21(24)19-5-2-3-6-20(19)29(23,25)26/h2-3,5-10,18H,4,11-15H2,1H3. The second-order valence-electron chi connectivity index (χ2n) is 7.24. The van der Waals surface area contributed by atoms with Crippen molar-refractivity contribution in [3.8, 4) is 11.5 Å². The second kappa shape index (κ2) is 8.04. The molecule has 0 bridgehead atoms. The van der Waals surface area contributed by atoms with E-state index < -0.39 is 15.9 Å². The Morgan fingerprint density at radius 3 is 2.48 bits per heavy atom. The van der Waals surface area contributed by atoms with E-state index >= 15 is 0 Å². The molecule has 1 atom stereocenters. The van der Waals surface area contributed by atoms with E-state index in [2.05, 4.69) is 4.90 Å². The summed E-state index contributed by atoms with van der Waals surface area (Å²) in [6.45, 7) is 2.59. The first kappa shape index (κ1) is 19.7. The van der Waals surface area contributed by atoms with Crippen LogP contribution < -0.4 is 9.47 Å². The van der Waals surface area contributed by atoms with Gasteiger partial charge in [-0.15, -0.1) is 0 Å². The molecule has 0 N–H and O–H groups in total. The van der Waals surface area contributed by atoms with E-state index in [1.54, 1.807) is 25.3 Å². The van der Waals surface area contributed by atoms with E-state index in [9.17, 15) is 13.2 Å². The van der Waals surface area contributed by atoms with E-state index in [0.29, 0.717) is 6.42 Å². The lowest BCUT2D eigenvalue weighted by molar-refractivity contribution is 0.0867. The SMILES string of the molecule is COc1ccc(OC2CCN(CCCN3C(=O)c4ccccc4S3(=O)=O)C2)cc1. The molecule has 0 spiro atoms. The van der Waals surface area contributed by atoms with Crippen molar-refractivity contribution in [2.75, 3.05) is 33.3 Å². The van der Waals surface area contributed by atoms with Gasteiger partial charge in [0.25, 0.3) is 15.9 Å². The maximum Gasteiger partial charge on any atom is 0.269 e. The average Bonchev–Trinajstić information content (AvgIpc) is 3.25. The molecule has 7 nitrogen and oxygen atoms in total. The van der Waals surface area contributed by atoms with Gasteiger partial charge in [-0.3, -0.25) is 9.69 Å². The first-order valence-corrected chi connectivity index (χ1v) is 11.1. The molecule has 2 aliphatic heterocycles. The van der Waals surface area contributed by atoms with Gasteiger partial charge in [-0.25, -0.2) is 12.7 Å². The first-order valence-electron chi connectivity index (χ1n) is 9.68. The number of carbonyl (C=O) groups is 1. The Kier molecular flexibility index (Phi) is 5.47.